The zero-order valence-corrected chi connectivity index (χ0v) is 19.0. The van der Waals surface area contributed by atoms with Crippen molar-refractivity contribution in [2.24, 2.45) is 0 Å². The van der Waals surface area contributed by atoms with Gasteiger partial charge < -0.3 is 19.5 Å². The standard InChI is InChI=1S/C23H26N4O3S/c1-5-14-11-16(19(29)12-18(14)28)22-24-25-23(31)27(22)17-7-8-20(30-6-2)21-15(17)9-10-26(21)13(3)4/h7-13,28-29H,5-6H2,1-4H3,(H,25,31)/p+1. The van der Waals surface area contributed by atoms with Gasteiger partial charge in [-0.05, 0) is 57.0 Å². The summed E-state index contributed by atoms with van der Waals surface area (Å²) in [7, 11) is 0. The largest absolute Gasteiger partial charge is 0.508 e. The zero-order valence-electron chi connectivity index (χ0n) is 18.0. The fraction of sp³-hybridized carbons (Fsp3) is 0.304. The second-order valence-electron chi connectivity index (χ2n) is 7.63. The average molecular weight is 440 g/mol. The lowest BCUT2D eigenvalue weighted by Gasteiger charge is -2.16. The lowest BCUT2D eigenvalue weighted by atomic mass is 10.1. The van der Waals surface area contributed by atoms with Crippen LogP contribution in [0.5, 0.6) is 17.2 Å². The van der Waals surface area contributed by atoms with Crippen LogP contribution in [0.3, 0.4) is 0 Å². The molecular weight excluding hydrogens is 412 g/mol. The number of phenols is 2. The highest BCUT2D eigenvalue weighted by Gasteiger charge is 2.24. The first kappa shape index (κ1) is 21.1. The third kappa shape index (κ3) is 3.50. The van der Waals surface area contributed by atoms with E-state index in [0.29, 0.717) is 29.6 Å². The van der Waals surface area contributed by atoms with E-state index < -0.39 is 0 Å². The summed E-state index contributed by atoms with van der Waals surface area (Å²) >= 11 is 3.58. The molecule has 0 aliphatic heterocycles. The molecule has 0 saturated carbocycles. The van der Waals surface area contributed by atoms with Crippen LogP contribution in [0.25, 0.3) is 28.0 Å². The SMILES string of the molecule is CCOc1ccc(-n2c([SH2+])nnc2-c2cc(CC)c(O)cc2O)c2ccn(C(C)C)c12. The van der Waals surface area contributed by atoms with Crippen LogP contribution in [0.15, 0.2) is 41.7 Å². The number of aromatic nitrogens is 4. The highest BCUT2D eigenvalue weighted by molar-refractivity contribution is 7.58. The first-order chi connectivity index (χ1) is 14.9. The number of hydrogen-bond acceptors (Lipinski definition) is 5. The van der Waals surface area contributed by atoms with Gasteiger partial charge in [0.15, 0.2) is 5.82 Å². The molecule has 0 bridgehead atoms. The molecule has 0 atom stereocenters. The van der Waals surface area contributed by atoms with E-state index in [1.165, 1.54) is 6.07 Å². The lowest BCUT2D eigenvalue weighted by Crippen LogP contribution is -2.04. The second kappa shape index (κ2) is 8.19. The third-order valence-electron chi connectivity index (χ3n) is 5.40. The smallest absolute Gasteiger partial charge is 0.345 e. The first-order valence-electron chi connectivity index (χ1n) is 10.4. The first-order valence-corrected chi connectivity index (χ1v) is 10.9. The quantitative estimate of drug-likeness (QED) is 0.440. The molecule has 31 heavy (non-hydrogen) atoms. The minimum atomic E-state index is -0.0584. The van der Waals surface area contributed by atoms with E-state index in [4.69, 9.17) is 4.74 Å². The van der Waals surface area contributed by atoms with Crippen molar-refractivity contribution in [2.45, 2.75) is 45.3 Å². The topological polar surface area (TPSA) is 85.3 Å². The number of hydrogen-bond donors (Lipinski definition) is 2. The van der Waals surface area contributed by atoms with E-state index in [1.54, 1.807) is 6.07 Å². The summed E-state index contributed by atoms with van der Waals surface area (Å²) in [4.78, 5) is 0. The van der Waals surface area contributed by atoms with Gasteiger partial charge in [-0.15, -0.1) is 5.10 Å². The minimum absolute atomic E-state index is 0.0584. The molecule has 4 rings (SSSR count). The molecule has 0 unspecified atom stereocenters. The van der Waals surface area contributed by atoms with Gasteiger partial charge in [-0.25, -0.2) is 4.57 Å². The van der Waals surface area contributed by atoms with Crippen LogP contribution in [0.1, 0.15) is 39.3 Å². The molecule has 0 spiro atoms. The van der Waals surface area contributed by atoms with Crippen molar-refractivity contribution in [3.8, 4) is 34.3 Å². The Morgan fingerprint density at radius 1 is 1.06 bits per heavy atom. The Labute approximate surface area is 186 Å². The summed E-state index contributed by atoms with van der Waals surface area (Å²) in [6.45, 7) is 8.74. The molecule has 7 nitrogen and oxygen atoms in total. The van der Waals surface area contributed by atoms with Crippen LogP contribution >= 0.6 is 0 Å². The number of nitrogens with zero attached hydrogens (tertiary/aromatic N) is 4. The summed E-state index contributed by atoms with van der Waals surface area (Å²) in [5, 5.41) is 30.7. The maximum Gasteiger partial charge on any atom is 0.345 e. The van der Waals surface area contributed by atoms with E-state index in [0.717, 1.165) is 27.9 Å². The Kier molecular flexibility index (Phi) is 5.58. The van der Waals surface area contributed by atoms with Crippen molar-refractivity contribution < 1.29 is 14.9 Å². The van der Waals surface area contributed by atoms with Gasteiger partial charge in [-0.3, -0.25) is 0 Å². The highest BCUT2D eigenvalue weighted by Crippen LogP contribution is 2.39. The molecule has 2 aromatic carbocycles. The molecule has 8 heteroatoms. The average Bonchev–Trinajstić information content (AvgIpc) is 3.33. The number of rotatable bonds is 6. The van der Waals surface area contributed by atoms with Crippen LogP contribution in [0, 0.1) is 0 Å². The van der Waals surface area contributed by atoms with Gasteiger partial charge >= 0.3 is 5.16 Å². The number of ether oxygens (including phenoxy) is 1. The van der Waals surface area contributed by atoms with Crippen molar-refractivity contribution >= 4 is 23.5 Å². The van der Waals surface area contributed by atoms with Gasteiger partial charge in [0.2, 0.25) is 0 Å². The Morgan fingerprint density at radius 2 is 1.84 bits per heavy atom. The Bertz CT molecular complexity index is 1260. The summed E-state index contributed by atoms with van der Waals surface area (Å²) in [5.41, 5.74) is 3.07. The van der Waals surface area contributed by atoms with Crippen molar-refractivity contribution in [3.63, 3.8) is 0 Å². The molecule has 0 aliphatic carbocycles. The van der Waals surface area contributed by atoms with Gasteiger partial charge in [0.25, 0.3) is 0 Å². The molecule has 4 aromatic rings. The number of fused-ring (bicyclic) bond motifs is 1. The van der Waals surface area contributed by atoms with E-state index >= 15 is 0 Å². The van der Waals surface area contributed by atoms with Crippen LogP contribution in [0.2, 0.25) is 0 Å². The highest BCUT2D eigenvalue weighted by atomic mass is 32.1. The zero-order chi connectivity index (χ0) is 22.3. The molecule has 0 amide bonds. The molecule has 2 aromatic heterocycles. The predicted octanol–water partition coefficient (Wildman–Crippen LogP) is 4.21. The number of aryl methyl sites for hydroxylation is 1. The summed E-state index contributed by atoms with van der Waals surface area (Å²) in [6, 6.07) is 9.32. The molecule has 2 N–H and O–H groups in total. The number of benzene rings is 2. The molecule has 162 valence electrons. The van der Waals surface area contributed by atoms with Crippen LogP contribution in [-0.4, -0.2) is 36.2 Å². The van der Waals surface area contributed by atoms with Crippen molar-refractivity contribution in [1.82, 2.24) is 19.3 Å². The van der Waals surface area contributed by atoms with Gasteiger partial charge in [0.1, 0.15) is 17.2 Å². The molecule has 0 saturated heterocycles. The normalized spacial score (nSPS) is 11.5. The van der Waals surface area contributed by atoms with Crippen molar-refractivity contribution in [1.29, 1.82) is 0 Å². The lowest BCUT2D eigenvalue weighted by molar-refractivity contribution is 0.342. The molecule has 0 radical (unpaired) electrons. The number of aromatic hydroxyl groups is 2. The van der Waals surface area contributed by atoms with E-state index in [-0.39, 0.29) is 17.5 Å². The fourth-order valence-electron chi connectivity index (χ4n) is 3.91. The number of phenolic OH excluding ortho intramolecular Hbond substituents is 2. The summed E-state index contributed by atoms with van der Waals surface area (Å²) < 4.78 is 9.93. The van der Waals surface area contributed by atoms with E-state index in [9.17, 15) is 10.2 Å². The Balaban J connectivity index is 2.00. The second-order valence-corrected chi connectivity index (χ2v) is 8.08. The molecule has 2 heterocycles. The fourth-order valence-corrected chi connectivity index (χ4v) is 4.18. The third-order valence-corrected chi connectivity index (χ3v) is 5.72. The van der Waals surface area contributed by atoms with Gasteiger partial charge in [0.05, 0.1) is 23.4 Å². The monoisotopic (exact) mass is 439 g/mol. The van der Waals surface area contributed by atoms with Gasteiger partial charge in [0, 0.05) is 36.3 Å². The maximum absolute atomic E-state index is 10.6. The Hall–Kier alpha value is -3.13. The van der Waals surface area contributed by atoms with Crippen LogP contribution < -0.4 is 4.74 Å². The van der Waals surface area contributed by atoms with Crippen LogP contribution in [-0.2, 0) is 19.0 Å². The maximum atomic E-state index is 10.6. The summed E-state index contributed by atoms with van der Waals surface area (Å²) in [6.07, 6.45) is 2.67. The molecular formula is C23H27N4O3S+. The minimum Gasteiger partial charge on any atom is -0.508 e. The van der Waals surface area contributed by atoms with E-state index in [1.807, 2.05) is 36.7 Å². The molecule has 0 fully saturated rings. The van der Waals surface area contributed by atoms with Crippen molar-refractivity contribution in [2.75, 3.05) is 6.61 Å². The predicted molar refractivity (Wildman–Crippen MR) is 125 cm³/mol. The van der Waals surface area contributed by atoms with Crippen LogP contribution in [0.4, 0.5) is 0 Å². The molecule has 0 aliphatic rings. The van der Waals surface area contributed by atoms with Gasteiger partial charge in [-0.1, -0.05) is 12.0 Å². The Morgan fingerprint density at radius 3 is 2.52 bits per heavy atom. The van der Waals surface area contributed by atoms with Gasteiger partial charge in [-0.2, -0.15) is 0 Å². The summed E-state index contributed by atoms with van der Waals surface area (Å²) in [5.74, 6) is 1.29. The van der Waals surface area contributed by atoms with Crippen molar-refractivity contribution in [3.05, 3.63) is 42.1 Å². The van der Waals surface area contributed by atoms with E-state index in [2.05, 4.69) is 47.3 Å².